The average molecular weight is 246 g/mol. The van der Waals surface area contributed by atoms with Crippen molar-refractivity contribution in [3.05, 3.63) is 0 Å². The van der Waals surface area contributed by atoms with Crippen LogP contribution in [0.1, 0.15) is 25.7 Å². The van der Waals surface area contributed by atoms with E-state index in [2.05, 4.69) is 4.90 Å². The first-order chi connectivity index (χ1) is 7.83. The van der Waals surface area contributed by atoms with E-state index in [-0.39, 0.29) is 0 Å². The number of nitrogens with zero attached hydrogens (tertiary/aromatic N) is 1. The van der Waals surface area contributed by atoms with Crippen LogP contribution >= 0.6 is 11.6 Å². The van der Waals surface area contributed by atoms with Crippen molar-refractivity contribution in [1.82, 2.24) is 4.90 Å². The maximum Gasteiger partial charge on any atom is 0.0589 e. The van der Waals surface area contributed by atoms with E-state index in [0.29, 0.717) is 0 Å². The number of fused-ring (bicyclic) bond motifs is 2. The molecule has 2 rings (SSSR count). The van der Waals surface area contributed by atoms with Gasteiger partial charge in [-0.2, -0.15) is 0 Å². The van der Waals surface area contributed by atoms with Crippen molar-refractivity contribution in [2.75, 3.05) is 39.2 Å². The van der Waals surface area contributed by atoms with Crippen LogP contribution in [0, 0.1) is 17.8 Å². The molecule has 0 heterocycles. The molecule has 0 radical (unpaired) electrons. The van der Waals surface area contributed by atoms with Crippen LogP contribution in [0.3, 0.4) is 0 Å². The summed E-state index contributed by atoms with van der Waals surface area (Å²) in [6, 6.07) is 0. The molecular formula is C13H24ClNO. The summed E-state index contributed by atoms with van der Waals surface area (Å²) in [5, 5.41) is 0. The highest BCUT2D eigenvalue weighted by Gasteiger charge is 2.39. The van der Waals surface area contributed by atoms with Gasteiger partial charge >= 0.3 is 0 Å². The summed E-state index contributed by atoms with van der Waals surface area (Å²) < 4.78 is 5.16. The Morgan fingerprint density at radius 1 is 1.25 bits per heavy atom. The molecule has 2 fully saturated rings. The molecule has 3 heteroatoms. The van der Waals surface area contributed by atoms with Crippen molar-refractivity contribution in [2.24, 2.45) is 17.8 Å². The second kappa shape index (κ2) is 6.23. The van der Waals surface area contributed by atoms with E-state index < -0.39 is 0 Å². The van der Waals surface area contributed by atoms with Gasteiger partial charge in [0.25, 0.3) is 0 Å². The smallest absolute Gasteiger partial charge is 0.0589 e. The van der Waals surface area contributed by atoms with Crippen molar-refractivity contribution in [2.45, 2.75) is 25.7 Å². The van der Waals surface area contributed by atoms with Gasteiger partial charge in [-0.15, -0.1) is 11.6 Å². The molecule has 3 atom stereocenters. The van der Waals surface area contributed by atoms with E-state index in [9.17, 15) is 0 Å². The van der Waals surface area contributed by atoms with Crippen LogP contribution in [0.15, 0.2) is 0 Å². The summed E-state index contributed by atoms with van der Waals surface area (Å²) in [5.41, 5.74) is 0. The number of hydrogen-bond acceptors (Lipinski definition) is 2. The normalized spacial score (nSPS) is 32.8. The van der Waals surface area contributed by atoms with E-state index in [0.717, 1.165) is 43.3 Å². The largest absolute Gasteiger partial charge is 0.383 e. The Kier molecular flexibility index (Phi) is 4.93. The molecule has 2 saturated carbocycles. The van der Waals surface area contributed by atoms with Crippen molar-refractivity contribution in [3.63, 3.8) is 0 Å². The Balaban J connectivity index is 1.76. The fourth-order valence-corrected chi connectivity index (χ4v) is 3.81. The molecule has 94 valence electrons. The second-order valence-corrected chi connectivity index (χ2v) is 5.80. The van der Waals surface area contributed by atoms with Crippen LogP contribution in [0.4, 0.5) is 0 Å². The molecule has 2 nitrogen and oxygen atoms in total. The van der Waals surface area contributed by atoms with E-state index in [1.165, 1.54) is 32.2 Å². The lowest BCUT2D eigenvalue weighted by molar-refractivity contribution is 0.130. The molecule has 0 spiro atoms. The van der Waals surface area contributed by atoms with E-state index in [1.807, 2.05) is 0 Å². The molecule has 16 heavy (non-hydrogen) atoms. The van der Waals surface area contributed by atoms with Crippen LogP contribution in [0.2, 0.25) is 0 Å². The molecule has 0 saturated heterocycles. The van der Waals surface area contributed by atoms with Crippen LogP contribution in [-0.4, -0.2) is 44.1 Å². The summed E-state index contributed by atoms with van der Waals surface area (Å²) in [6.45, 7) is 4.13. The van der Waals surface area contributed by atoms with E-state index in [1.54, 1.807) is 7.11 Å². The second-order valence-electron chi connectivity index (χ2n) is 5.42. The zero-order valence-electron chi connectivity index (χ0n) is 10.3. The molecule has 3 unspecified atom stereocenters. The molecule has 0 aromatic carbocycles. The Bertz CT molecular complexity index is 212. The Morgan fingerprint density at radius 3 is 2.69 bits per heavy atom. The van der Waals surface area contributed by atoms with Gasteiger partial charge in [0.2, 0.25) is 0 Å². The van der Waals surface area contributed by atoms with Gasteiger partial charge in [0.15, 0.2) is 0 Å². The van der Waals surface area contributed by atoms with Crippen LogP contribution in [-0.2, 0) is 4.74 Å². The third-order valence-electron chi connectivity index (χ3n) is 4.39. The first-order valence-corrected chi connectivity index (χ1v) is 7.14. The van der Waals surface area contributed by atoms with Crippen molar-refractivity contribution >= 4 is 11.6 Å². The number of alkyl halides is 1. The fraction of sp³-hybridized carbons (Fsp3) is 1.00. The first-order valence-electron chi connectivity index (χ1n) is 6.60. The molecule has 0 aliphatic heterocycles. The molecule has 2 aliphatic carbocycles. The third kappa shape index (κ3) is 3.12. The molecule has 0 N–H and O–H groups in total. The monoisotopic (exact) mass is 245 g/mol. The Hall–Kier alpha value is 0.210. The van der Waals surface area contributed by atoms with Gasteiger partial charge in [-0.3, -0.25) is 4.90 Å². The first kappa shape index (κ1) is 12.7. The van der Waals surface area contributed by atoms with Crippen molar-refractivity contribution in [3.8, 4) is 0 Å². The fourth-order valence-electron chi connectivity index (χ4n) is 3.57. The quantitative estimate of drug-likeness (QED) is 0.640. The average Bonchev–Trinajstić information content (AvgIpc) is 2.88. The number of halogens is 1. The van der Waals surface area contributed by atoms with Crippen molar-refractivity contribution in [1.29, 1.82) is 0 Å². The summed E-state index contributed by atoms with van der Waals surface area (Å²) in [7, 11) is 1.77. The summed E-state index contributed by atoms with van der Waals surface area (Å²) in [4.78, 5) is 2.49. The Morgan fingerprint density at radius 2 is 2.12 bits per heavy atom. The topological polar surface area (TPSA) is 12.5 Å². The van der Waals surface area contributed by atoms with Crippen LogP contribution < -0.4 is 0 Å². The minimum atomic E-state index is 0.741. The Labute approximate surface area is 104 Å². The van der Waals surface area contributed by atoms with Gasteiger partial charge in [-0.25, -0.2) is 0 Å². The summed E-state index contributed by atoms with van der Waals surface area (Å²) in [6.07, 6.45) is 5.95. The van der Waals surface area contributed by atoms with Gasteiger partial charge in [0.05, 0.1) is 6.61 Å². The predicted octanol–water partition coefficient (Wildman–Crippen LogP) is 2.61. The molecule has 0 aromatic rings. The highest BCUT2D eigenvalue weighted by atomic mass is 35.5. The predicted molar refractivity (Wildman–Crippen MR) is 68.0 cm³/mol. The molecule has 0 amide bonds. The lowest BCUT2D eigenvalue weighted by Gasteiger charge is -2.29. The SMILES string of the molecule is COCCN(CCCl)CC1CC2CCC1C2. The van der Waals surface area contributed by atoms with Gasteiger partial charge in [-0.05, 0) is 37.0 Å². The minimum Gasteiger partial charge on any atom is -0.383 e. The zero-order chi connectivity index (χ0) is 11.4. The maximum absolute atomic E-state index is 5.86. The third-order valence-corrected chi connectivity index (χ3v) is 4.56. The van der Waals surface area contributed by atoms with E-state index >= 15 is 0 Å². The van der Waals surface area contributed by atoms with Crippen molar-refractivity contribution < 1.29 is 4.74 Å². The minimum absolute atomic E-state index is 0.741. The zero-order valence-corrected chi connectivity index (χ0v) is 11.1. The number of rotatable bonds is 7. The van der Waals surface area contributed by atoms with Gasteiger partial charge in [0.1, 0.15) is 0 Å². The molecular weight excluding hydrogens is 222 g/mol. The van der Waals surface area contributed by atoms with Gasteiger partial charge < -0.3 is 4.74 Å². The lowest BCUT2D eigenvalue weighted by atomic mass is 9.88. The highest BCUT2D eigenvalue weighted by molar-refractivity contribution is 6.18. The molecule has 2 bridgehead atoms. The van der Waals surface area contributed by atoms with Gasteiger partial charge in [0, 0.05) is 32.6 Å². The number of ether oxygens (including phenoxy) is 1. The maximum atomic E-state index is 5.86. The standard InChI is InChI=1S/C13H24ClNO/c1-16-7-6-15(5-4-14)10-13-9-11-2-3-12(13)8-11/h11-13H,2-10H2,1H3. The lowest BCUT2D eigenvalue weighted by Crippen LogP contribution is -2.35. The number of hydrogen-bond donors (Lipinski definition) is 0. The van der Waals surface area contributed by atoms with Gasteiger partial charge in [-0.1, -0.05) is 6.42 Å². The van der Waals surface area contributed by atoms with Crippen LogP contribution in [0.25, 0.3) is 0 Å². The summed E-state index contributed by atoms with van der Waals surface area (Å²) in [5.74, 6) is 3.75. The van der Waals surface area contributed by atoms with Crippen LogP contribution in [0.5, 0.6) is 0 Å². The highest BCUT2D eigenvalue weighted by Crippen LogP contribution is 2.48. The molecule has 0 aromatic heterocycles. The van der Waals surface area contributed by atoms with E-state index in [4.69, 9.17) is 16.3 Å². The molecule has 2 aliphatic rings. The number of methoxy groups -OCH3 is 1. The summed E-state index contributed by atoms with van der Waals surface area (Å²) >= 11 is 5.86.